The number of thioether (sulfide) groups is 1. The number of H-pyrrole nitrogens is 1. The summed E-state index contributed by atoms with van der Waals surface area (Å²) < 4.78 is 73.4. The molecule has 624 valence electrons. The first-order valence-electron chi connectivity index (χ1n) is 36.1. The van der Waals surface area contributed by atoms with Crippen LogP contribution in [0.15, 0.2) is 63.8 Å². The number of carbonyl (C=O) groups excluding carboxylic acids is 8. The number of fused-ring (bicyclic) bond motifs is 13. The molecule has 13 rings (SSSR count). The number of benzene rings is 1. The second-order valence-electron chi connectivity index (χ2n) is 27.4. The number of nitrogens with two attached hydrogens (primary N) is 1. The van der Waals surface area contributed by atoms with Gasteiger partial charge < -0.3 is 120 Å². The molecule has 3 fully saturated rings. The minimum atomic E-state index is -2.39. The van der Waals surface area contributed by atoms with E-state index >= 15 is 14.4 Å². The minimum Gasteiger partial charge on any atom is -0.506 e. The minimum absolute atomic E-state index is 0.0272. The maximum atomic E-state index is 16.0. The van der Waals surface area contributed by atoms with Crippen LogP contribution in [0.2, 0.25) is 0 Å². The average Bonchev–Trinajstić information content (AvgIpc) is 1.65. The molecule has 7 aromatic heterocycles. The highest BCUT2D eigenvalue weighted by Gasteiger charge is 2.51. The van der Waals surface area contributed by atoms with Crippen molar-refractivity contribution in [3.05, 3.63) is 118 Å². The molecule has 0 aliphatic carbocycles. The normalized spacial score (nSPS) is 27.6. The molecule has 0 radical (unpaired) electrons. The molecule has 13 N–H and O–H groups in total. The summed E-state index contributed by atoms with van der Waals surface area (Å²) in [5.74, 6) is -8.10. The number of amides is 6. The molecule has 1 aromatic carbocycles. The van der Waals surface area contributed by atoms with Gasteiger partial charge in [0.05, 0.1) is 61.7 Å². The molecule has 5 aliphatic heterocycles. The van der Waals surface area contributed by atoms with Crippen LogP contribution in [-0.2, 0) is 79.7 Å². The number of carbonyl (C=O) groups is 8. The maximum absolute atomic E-state index is 16.0. The van der Waals surface area contributed by atoms with Gasteiger partial charge in [-0.1, -0.05) is 41.8 Å². The van der Waals surface area contributed by atoms with Gasteiger partial charge in [-0.15, -0.1) is 45.3 Å². The van der Waals surface area contributed by atoms with Crippen LogP contribution >= 0.6 is 68.4 Å². The van der Waals surface area contributed by atoms with Gasteiger partial charge in [0.1, 0.15) is 132 Å². The molecule has 3 saturated heterocycles. The number of pyridine rings is 1. The number of rotatable bonds is 17. The Balaban J connectivity index is 0.931. The van der Waals surface area contributed by atoms with E-state index in [1.807, 2.05) is 0 Å². The number of methoxy groups -OCH3 is 5. The average molecular weight is 1730 g/mol. The third kappa shape index (κ3) is 18.0. The Bertz CT molecular complexity index is 5140. The van der Waals surface area contributed by atoms with Crippen LogP contribution in [0.3, 0.4) is 0 Å². The Labute approximate surface area is 689 Å². The number of aromatic nitrogens is 7. The lowest BCUT2D eigenvalue weighted by atomic mass is 9.98. The van der Waals surface area contributed by atoms with E-state index in [2.05, 4.69) is 53.1 Å². The van der Waals surface area contributed by atoms with E-state index in [1.165, 1.54) is 77.0 Å². The summed E-state index contributed by atoms with van der Waals surface area (Å²) in [7, 11) is 6.81. The third-order valence-corrected chi connectivity index (χ3v) is 25.2. The van der Waals surface area contributed by atoms with Crippen molar-refractivity contribution in [1.29, 1.82) is 0 Å². The lowest BCUT2D eigenvalue weighted by Gasteiger charge is -2.46. The van der Waals surface area contributed by atoms with Crippen LogP contribution in [-0.4, -0.2) is 246 Å². The second-order valence-corrected chi connectivity index (χ2v) is 32.8. The highest BCUT2D eigenvalue weighted by atomic mass is 32.2. The van der Waals surface area contributed by atoms with E-state index < -0.39 is 181 Å². The molecule has 0 spiro atoms. The monoisotopic (exact) mass is 1730 g/mol. The second kappa shape index (κ2) is 36.5. The Morgan fingerprint density at radius 2 is 1.43 bits per heavy atom. The van der Waals surface area contributed by atoms with Crippen LogP contribution in [0.25, 0.3) is 49.3 Å². The molecule has 6 amide bonds. The fourth-order valence-corrected chi connectivity index (χ4v) is 18.8. The van der Waals surface area contributed by atoms with Crippen molar-refractivity contribution in [2.75, 3.05) is 41.3 Å². The van der Waals surface area contributed by atoms with Gasteiger partial charge in [0.15, 0.2) is 24.4 Å². The number of nitrogens with zero attached hydrogens (tertiary/aromatic N) is 6. The first kappa shape index (κ1) is 85.6. The number of primary amides is 1. The number of aliphatic hydroxyl groups is 4. The molecular weight excluding hydrogens is 1650 g/mol. The largest absolute Gasteiger partial charge is 0.506 e. The number of cyclic esters (lactones) is 1. The van der Waals surface area contributed by atoms with Gasteiger partial charge >= 0.3 is 5.97 Å². The standard InChI is InChI=1S/C73H81N13O25S6/c1-25(58(74)92)75-59(93)36-22-115-67(81-36)48-40(88)17-32-46(82-48)35-20-113-65(78-35)39-24-116-70(99)47-33(19-100-7)43-31(13-12-14-34(43)76-47)18-105-69(98)52(90)49(85-61(95)38-23-114-66(80-38)45(28(4)101-8)84-62(96)44(26(2)87)83-60(94)37-21-112-64(32)79-37)68-86-50(63(97)77-39)73(117-68)111-72-57(104-11)56(103-10)54(30(6)108-72)110-42-16-15-41(27(3)106-42)109-71-53(91)55(102-9)51(89)29(5)107-71/h12-14,17,20-23,26-27,29-30,39,41-42,44,49,51-57,71-72,76,87-91H,1,15-16,18-19,24H2,2-11H3,(H2,74,92)(H,75,93)(H,77,97)(H,83,94)(H,84,96)(H,85,95)/b45-28+/t26-,27+,29-,30-,39+,41-,42-,44+,49-,51-,52-,53+,54-,55+,56+,57+,71+,72-/m1/s1. The number of esters is 1. The van der Waals surface area contributed by atoms with E-state index in [4.69, 9.17) is 77.5 Å². The predicted octanol–water partition coefficient (Wildman–Crippen LogP) is 4.24. The zero-order valence-corrected chi connectivity index (χ0v) is 68.8. The number of aliphatic hydroxyl groups excluding tert-OH is 4. The number of aromatic amines is 1. The van der Waals surface area contributed by atoms with Crippen LogP contribution in [0.1, 0.15) is 138 Å². The first-order chi connectivity index (χ1) is 56.0. The third-order valence-electron chi connectivity index (χ3n) is 19.7. The maximum Gasteiger partial charge on any atom is 0.337 e. The smallest absolute Gasteiger partial charge is 0.337 e. The number of thiazole rings is 5. The summed E-state index contributed by atoms with van der Waals surface area (Å²) in [4.78, 5) is 146. The van der Waals surface area contributed by atoms with Crippen molar-refractivity contribution >= 4 is 132 Å². The van der Waals surface area contributed by atoms with Crippen molar-refractivity contribution in [2.24, 2.45) is 5.73 Å². The number of hydrogen-bond donors (Lipinski definition) is 12. The molecule has 117 heavy (non-hydrogen) atoms. The fourth-order valence-electron chi connectivity index (χ4n) is 13.5. The summed E-state index contributed by atoms with van der Waals surface area (Å²) in [5.41, 5.74) is 4.33. The summed E-state index contributed by atoms with van der Waals surface area (Å²) in [6.07, 6.45) is -16.6. The summed E-state index contributed by atoms with van der Waals surface area (Å²) in [5, 5.41) is 75.2. The van der Waals surface area contributed by atoms with Crippen LogP contribution in [0.5, 0.6) is 10.8 Å². The van der Waals surface area contributed by atoms with Crippen LogP contribution in [0, 0.1) is 0 Å². The van der Waals surface area contributed by atoms with Crippen LogP contribution in [0.4, 0.5) is 0 Å². The zero-order valence-electron chi connectivity index (χ0n) is 63.9. The van der Waals surface area contributed by atoms with Gasteiger partial charge in [0, 0.05) is 84.2 Å². The van der Waals surface area contributed by atoms with E-state index in [9.17, 15) is 49.5 Å². The molecule has 44 heteroatoms. The molecule has 38 nitrogen and oxygen atoms in total. The van der Waals surface area contributed by atoms with Gasteiger partial charge in [-0.25, -0.2) is 34.7 Å². The topological polar surface area (TPSA) is 528 Å². The van der Waals surface area contributed by atoms with Crippen molar-refractivity contribution in [3.63, 3.8) is 0 Å². The number of allylic oxidation sites excluding steroid dienone is 1. The van der Waals surface area contributed by atoms with Gasteiger partial charge in [-0.2, -0.15) is 0 Å². The molecule has 0 saturated carbocycles. The highest BCUT2D eigenvalue weighted by Crippen LogP contribution is 2.44. The number of aromatic hydroxyl groups is 1. The molecular formula is C73H81N13O25S6. The Morgan fingerprint density at radius 1 is 0.726 bits per heavy atom. The van der Waals surface area contributed by atoms with Crippen LogP contribution < -0.4 is 37.1 Å². The summed E-state index contributed by atoms with van der Waals surface area (Å²) in [6.45, 7) is 10.5. The number of hydrogen-bond acceptors (Lipinski definition) is 37. The Morgan fingerprint density at radius 3 is 2.13 bits per heavy atom. The molecule has 8 aromatic rings. The lowest BCUT2D eigenvalue weighted by molar-refractivity contribution is -0.342. The first-order valence-corrected chi connectivity index (χ1v) is 41.4. The van der Waals surface area contributed by atoms with Crippen molar-refractivity contribution in [3.8, 4) is 43.5 Å². The van der Waals surface area contributed by atoms with Crippen molar-refractivity contribution < 1.29 is 121 Å². The molecule has 12 bridgehead atoms. The summed E-state index contributed by atoms with van der Waals surface area (Å²) >= 11 is 4.90. The van der Waals surface area contributed by atoms with Crippen molar-refractivity contribution in [1.82, 2.24) is 61.5 Å². The SMILES string of the molecule is C=C(NC(=O)c1csc(-c2nc3c(cc2O)-c2nc(cs2)C(=O)N[C@@H]([C@@H](C)O)C(=O)N/C(=C(\C)OC)c2nc(cs2)C(=O)N[C@H]2c4nc(c(O[C@H]5O[C@H](C)[C@@H](O[C@@H]6CC[C@@H](O[C@@H]7O[C@H](C)[C@@H](O)[C@H](OC)[C@@H]7O)[C@H](C)O6)[C@H](OC)[C@@H]5OC)s4)C(=O)N[C@@H](CSC(=O)c4[nH]c5cccc(c5c4COC)COC(=O)[C@@H]2O)c2nc-3cs2)n1)C(N)=O. The fraction of sp³-hybridized carbons (Fsp3) is 0.452. The summed E-state index contributed by atoms with van der Waals surface area (Å²) in [6, 6.07) is 1.21. The zero-order chi connectivity index (χ0) is 83.7. The van der Waals surface area contributed by atoms with Gasteiger partial charge in [-0.3, -0.25) is 33.6 Å². The van der Waals surface area contributed by atoms with E-state index in [0.717, 1.165) is 57.1 Å². The molecule has 18 atom stereocenters. The molecule has 5 aliphatic rings. The van der Waals surface area contributed by atoms with E-state index in [-0.39, 0.29) is 106 Å². The Kier molecular flexibility index (Phi) is 26.7. The number of ether oxygens (including phenoxy) is 12. The Hall–Kier alpha value is -9.27. The molecule has 12 heterocycles. The number of nitrogens with one attached hydrogen (secondary N) is 6. The van der Waals surface area contributed by atoms with Gasteiger partial charge in [0.25, 0.3) is 29.5 Å². The quantitative estimate of drug-likeness (QED) is 0.0344. The van der Waals surface area contributed by atoms with Gasteiger partial charge in [-0.05, 0) is 58.7 Å². The predicted molar refractivity (Wildman–Crippen MR) is 419 cm³/mol. The lowest BCUT2D eigenvalue weighted by Crippen LogP contribution is -2.61. The highest BCUT2D eigenvalue weighted by molar-refractivity contribution is 8.14. The van der Waals surface area contributed by atoms with E-state index in [0.29, 0.717) is 39.8 Å². The molecule has 0 unspecified atom stereocenters. The van der Waals surface area contributed by atoms with Crippen molar-refractivity contribution in [2.45, 2.75) is 171 Å². The van der Waals surface area contributed by atoms with Gasteiger partial charge in [0.2, 0.25) is 22.4 Å². The van der Waals surface area contributed by atoms with E-state index in [1.54, 1.807) is 39.0 Å².